The van der Waals surface area contributed by atoms with E-state index in [1.54, 1.807) is 24.4 Å². The molecule has 6 nitrogen and oxygen atoms in total. The van der Waals surface area contributed by atoms with Crippen LogP contribution in [0.5, 0.6) is 5.75 Å². The zero-order chi connectivity index (χ0) is 29.9. The maximum Gasteiger partial charge on any atom is 0.422 e. The predicted octanol–water partition coefficient (Wildman–Crippen LogP) is 7.26. The molecule has 12 heteroatoms. The molecular formula is C29H28F6N4O2. The minimum absolute atomic E-state index is 0.152. The highest BCUT2D eigenvalue weighted by molar-refractivity contribution is 6.17. The summed E-state index contributed by atoms with van der Waals surface area (Å²) in [5.41, 5.74) is 1.40. The third-order valence-electron chi connectivity index (χ3n) is 6.11. The van der Waals surface area contributed by atoms with Gasteiger partial charge in [0.25, 0.3) is 0 Å². The lowest BCUT2D eigenvalue weighted by molar-refractivity contribution is -0.158. The molecule has 0 unspecified atom stereocenters. The molecule has 0 fully saturated rings. The van der Waals surface area contributed by atoms with Gasteiger partial charge in [-0.3, -0.25) is 9.78 Å². The second-order valence-corrected chi connectivity index (χ2v) is 10.3. The van der Waals surface area contributed by atoms with Gasteiger partial charge in [0, 0.05) is 25.4 Å². The number of aliphatic imine (C=N–C) groups is 1. The number of benzene rings is 2. The molecule has 0 saturated heterocycles. The number of amides is 1. The number of ether oxygens (including phenoxy) is 1. The summed E-state index contributed by atoms with van der Waals surface area (Å²) in [5, 5.41) is 2.38. The molecule has 0 spiro atoms. The van der Waals surface area contributed by atoms with Gasteiger partial charge in [-0.25, -0.2) is 4.99 Å². The molecule has 0 bridgehead atoms. The summed E-state index contributed by atoms with van der Waals surface area (Å²) >= 11 is 0. The Hall–Kier alpha value is -3.93. The zero-order valence-corrected chi connectivity index (χ0v) is 22.5. The van der Waals surface area contributed by atoms with Crippen LogP contribution in [0.15, 0.2) is 59.7 Å². The lowest BCUT2D eigenvalue weighted by Crippen LogP contribution is -2.23. The number of anilines is 1. The number of rotatable bonds is 8. The fraction of sp³-hybridized carbons (Fsp3) is 0.345. The van der Waals surface area contributed by atoms with Gasteiger partial charge in [-0.05, 0) is 53.9 Å². The van der Waals surface area contributed by atoms with Crippen LogP contribution in [0, 0.1) is 5.92 Å². The van der Waals surface area contributed by atoms with Crippen molar-refractivity contribution < 1.29 is 35.9 Å². The van der Waals surface area contributed by atoms with Crippen LogP contribution in [0.2, 0.25) is 0 Å². The first-order valence-corrected chi connectivity index (χ1v) is 12.7. The number of carbonyl (C=O) groups is 1. The second kappa shape index (κ2) is 11.9. The molecule has 1 aliphatic heterocycles. The number of nitrogens with one attached hydrogen (secondary N) is 1. The van der Waals surface area contributed by atoms with E-state index >= 15 is 0 Å². The first-order valence-electron chi connectivity index (χ1n) is 12.7. The highest BCUT2D eigenvalue weighted by Crippen LogP contribution is 2.43. The maximum absolute atomic E-state index is 13.6. The van der Waals surface area contributed by atoms with Crippen LogP contribution in [0.1, 0.15) is 37.1 Å². The van der Waals surface area contributed by atoms with E-state index in [2.05, 4.69) is 38.8 Å². The summed E-state index contributed by atoms with van der Waals surface area (Å²) in [4.78, 5) is 23.7. The van der Waals surface area contributed by atoms with Crippen molar-refractivity contribution in [2.45, 2.75) is 39.2 Å². The summed E-state index contributed by atoms with van der Waals surface area (Å²) in [5.74, 6) is -1.16. The van der Waals surface area contributed by atoms with Crippen molar-refractivity contribution >= 4 is 23.0 Å². The van der Waals surface area contributed by atoms with Crippen LogP contribution in [0.4, 0.5) is 37.7 Å². The summed E-state index contributed by atoms with van der Waals surface area (Å²) < 4.78 is 83.5. The van der Waals surface area contributed by atoms with Crippen molar-refractivity contribution in [3.8, 4) is 16.9 Å². The molecule has 218 valence electrons. The quantitative estimate of drug-likeness (QED) is 0.286. The molecule has 3 aromatic rings. The van der Waals surface area contributed by atoms with Crippen molar-refractivity contribution in [1.29, 1.82) is 0 Å². The molecule has 41 heavy (non-hydrogen) atoms. The van der Waals surface area contributed by atoms with E-state index in [-0.39, 0.29) is 23.5 Å². The minimum Gasteiger partial charge on any atom is -0.483 e. The van der Waals surface area contributed by atoms with Crippen LogP contribution in [-0.4, -0.2) is 47.9 Å². The number of pyridine rings is 1. The van der Waals surface area contributed by atoms with Crippen molar-refractivity contribution in [3.63, 3.8) is 0 Å². The number of fused-ring (bicyclic) bond motifs is 1. The molecular weight excluding hydrogens is 550 g/mol. The second-order valence-electron chi connectivity index (χ2n) is 10.3. The largest absolute Gasteiger partial charge is 0.483 e. The van der Waals surface area contributed by atoms with Gasteiger partial charge in [-0.2, -0.15) is 26.3 Å². The van der Waals surface area contributed by atoms with E-state index in [9.17, 15) is 31.1 Å². The van der Waals surface area contributed by atoms with Crippen molar-refractivity contribution in [2.75, 3.05) is 25.5 Å². The number of nitrogens with zero attached hydrogens (tertiary/aromatic N) is 3. The summed E-state index contributed by atoms with van der Waals surface area (Å²) in [6, 6.07) is 12.2. The van der Waals surface area contributed by atoms with Gasteiger partial charge in [-0.15, -0.1) is 0 Å². The third-order valence-corrected chi connectivity index (χ3v) is 6.11. The Balaban J connectivity index is 1.70. The van der Waals surface area contributed by atoms with Crippen LogP contribution in [-0.2, 0) is 17.5 Å². The molecule has 0 atom stereocenters. The Morgan fingerprint density at radius 1 is 1.00 bits per heavy atom. The van der Waals surface area contributed by atoms with Gasteiger partial charge in [0.2, 0.25) is 5.91 Å². The van der Waals surface area contributed by atoms with Gasteiger partial charge >= 0.3 is 12.4 Å². The highest BCUT2D eigenvalue weighted by atomic mass is 19.4. The van der Waals surface area contributed by atoms with Gasteiger partial charge in [0.05, 0.1) is 34.8 Å². The number of hydrogen-bond donors (Lipinski definition) is 1. The van der Waals surface area contributed by atoms with E-state index in [1.807, 2.05) is 25.2 Å². The topological polar surface area (TPSA) is 66.8 Å². The monoisotopic (exact) mass is 578 g/mol. The fourth-order valence-electron chi connectivity index (χ4n) is 4.55. The SMILES string of the molecule is CC(C)CN(C)Cc1cc(-c2cccc(C3=Nc4cc(OCC(F)(F)F)c(C(F)(F)F)cc4NC(=O)C3)c2)ccn1. The molecule has 1 N–H and O–H groups in total. The van der Waals surface area contributed by atoms with Crippen LogP contribution >= 0.6 is 0 Å². The van der Waals surface area contributed by atoms with Gasteiger partial charge < -0.3 is 15.0 Å². The average Bonchev–Trinajstić information content (AvgIpc) is 3.03. The van der Waals surface area contributed by atoms with E-state index in [1.165, 1.54) is 0 Å². The van der Waals surface area contributed by atoms with Crippen LogP contribution in [0.25, 0.3) is 11.1 Å². The standard InChI is InChI=1S/C29H28F6N4O2/c1-17(2)14-39(3)15-21-10-19(7-8-36-21)18-5-4-6-20(9-18)23-13-27(40)38-24-11-22(29(33,34)35)26(12-25(24)37-23)41-16-28(30,31)32/h4-12,17H,13-16H2,1-3H3,(H,38,40). The van der Waals surface area contributed by atoms with Crippen LogP contribution in [0.3, 0.4) is 0 Å². The molecule has 2 heterocycles. The lowest BCUT2D eigenvalue weighted by atomic mass is 9.99. The zero-order valence-electron chi connectivity index (χ0n) is 22.5. The lowest BCUT2D eigenvalue weighted by Gasteiger charge is -2.18. The third kappa shape index (κ3) is 8.06. The Morgan fingerprint density at radius 2 is 1.71 bits per heavy atom. The predicted molar refractivity (Wildman–Crippen MR) is 143 cm³/mol. The normalized spacial score (nSPS) is 14.0. The maximum atomic E-state index is 13.6. The highest BCUT2D eigenvalue weighted by Gasteiger charge is 2.38. The molecule has 0 aliphatic carbocycles. The number of alkyl halides is 6. The van der Waals surface area contributed by atoms with Crippen molar-refractivity contribution in [1.82, 2.24) is 9.88 Å². The van der Waals surface area contributed by atoms with Gasteiger partial charge in [-0.1, -0.05) is 32.0 Å². The van der Waals surface area contributed by atoms with Crippen molar-refractivity contribution in [3.05, 3.63) is 71.5 Å². The summed E-state index contributed by atoms with van der Waals surface area (Å²) in [7, 11) is 2.01. The van der Waals surface area contributed by atoms with Crippen LogP contribution < -0.4 is 10.1 Å². The first kappa shape index (κ1) is 30.0. The molecule has 1 aliphatic rings. The molecule has 1 aromatic heterocycles. The van der Waals surface area contributed by atoms with E-state index in [0.29, 0.717) is 24.1 Å². The fourth-order valence-corrected chi connectivity index (χ4v) is 4.55. The molecule has 2 aromatic carbocycles. The Morgan fingerprint density at radius 3 is 2.39 bits per heavy atom. The van der Waals surface area contributed by atoms with E-state index in [0.717, 1.165) is 29.4 Å². The summed E-state index contributed by atoms with van der Waals surface area (Å²) in [6.45, 7) is 3.89. The first-order chi connectivity index (χ1) is 19.2. The average molecular weight is 579 g/mol. The van der Waals surface area contributed by atoms with Crippen molar-refractivity contribution in [2.24, 2.45) is 10.9 Å². The van der Waals surface area contributed by atoms with E-state index < -0.39 is 36.2 Å². The van der Waals surface area contributed by atoms with E-state index in [4.69, 9.17) is 0 Å². The summed E-state index contributed by atoms with van der Waals surface area (Å²) in [6.07, 6.45) is -8.44. The number of carbonyl (C=O) groups excluding carboxylic acids is 1. The Labute approximate surface area is 233 Å². The molecule has 0 saturated carbocycles. The smallest absolute Gasteiger partial charge is 0.422 e. The van der Waals surface area contributed by atoms with Gasteiger partial charge in [0.15, 0.2) is 6.61 Å². The Kier molecular flexibility index (Phi) is 8.71. The van der Waals surface area contributed by atoms with Gasteiger partial charge in [0.1, 0.15) is 5.75 Å². The molecule has 1 amide bonds. The Bertz CT molecular complexity index is 1450. The minimum atomic E-state index is -5.03. The number of aromatic nitrogens is 1. The number of hydrogen-bond acceptors (Lipinski definition) is 5. The molecule has 4 rings (SSSR count). The molecule has 0 radical (unpaired) electrons. The number of halogens is 6.